The van der Waals surface area contributed by atoms with Crippen LogP contribution >= 0.6 is 12.2 Å². The molecule has 0 heterocycles. The van der Waals surface area contributed by atoms with Crippen molar-refractivity contribution in [3.63, 3.8) is 0 Å². The maximum atomic E-state index is 5.59. The van der Waals surface area contributed by atoms with Gasteiger partial charge in [0.05, 0.1) is 0 Å². The summed E-state index contributed by atoms with van der Waals surface area (Å²) in [5.74, 6) is 0. The molecule has 0 bridgehead atoms. The third-order valence-corrected chi connectivity index (χ3v) is 2.08. The zero-order chi connectivity index (χ0) is 10.4. The highest BCUT2D eigenvalue weighted by Gasteiger charge is 1.99. The van der Waals surface area contributed by atoms with Crippen LogP contribution in [0, 0.1) is 0 Å². The van der Waals surface area contributed by atoms with Crippen molar-refractivity contribution in [1.82, 2.24) is 0 Å². The van der Waals surface area contributed by atoms with Gasteiger partial charge >= 0.3 is 0 Å². The molecule has 0 spiro atoms. The third kappa shape index (κ3) is 2.94. The van der Waals surface area contributed by atoms with Crippen LogP contribution in [0.15, 0.2) is 30.3 Å². The summed E-state index contributed by atoms with van der Waals surface area (Å²) in [6.45, 7) is 0.658. The Labute approximate surface area is 89.6 Å². The minimum absolute atomic E-state index is 0.429. The lowest BCUT2D eigenvalue weighted by molar-refractivity contribution is 1.01. The van der Waals surface area contributed by atoms with E-state index in [0.717, 1.165) is 17.5 Å². The number of hydrogen-bond acceptors (Lipinski definition) is 2. The van der Waals surface area contributed by atoms with Crippen molar-refractivity contribution < 1.29 is 0 Å². The quantitative estimate of drug-likeness (QED) is 0.737. The Morgan fingerprint density at radius 2 is 2.07 bits per heavy atom. The Kier molecular flexibility index (Phi) is 4.29. The predicted molar refractivity (Wildman–Crippen MR) is 65.0 cm³/mol. The molecule has 0 aliphatic rings. The second kappa shape index (κ2) is 5.52. The molecule has 2 nitrogen and oxygen atoms in total. The maximum absolute atomic E-state index is 5.59. The van der Waals surface area contributed by atoms with Gasteiger partial charge < -0.3 is 11.5 Å². The van der Waals surface area contributed by atoms with Crippen LogP contribution in [0.2, 0.25) is 0 Å². The van der Waals surface area contributed by atoms with E-state index in [4.69, 9.17) is 23.7 Å². The SMILES string of the molecule is NCCC=Cc1ccccc1C(N)=S. The highest BCUT2D eigenvalue weighted by molar-refractivity contribution is 7.80. The number of benzene rings is 1. The number of nitrogens with two attached hydrogens (primary N) is 2. The molecule has 1 aromatic rings. The molecule has 4 N–H and O–H groups in total. The van der Waals surface area contributed by atoms with Gasteiger partial charge in [0.25, 0.3) is 0 Å². The second-order valence-corrected chi connectivity index (χ2v) is 3.37. The molecule has 0 saturated carbocycles. The fraction of sp³-hybridized carbons (Fsp3) is 0.182. The van der Waals surface area contributed by atoms with E-state index in [1.807, 2.05) is 36.4 Å². The van der Waals surface area contributed by atoms with E-state index in [-0.39, 0.29) is 0 Å². The first-order valence-corrected chi connectivity index (χ1v) is 4.92. The van der Waals surface area contributed by atoms with Gasteiger partial charge in [-0.25, -0.2) is 0 Å². The zero-order valence-electron chi connectivity index (χ0n) is 7.94. The molecule has 0 fully saturated rings. The predicted octanol–water partition coefficient (Wildman–Crippen LogP) is 1.68. The normalized spacial score (nSPS) is 10.6. The summed E-state index contributed by atoms with van der Waals surface area (Å²) in [7, 11) is 0. The first-order valence-electron chi connectivity index (χ1n) is 4.51. The van der Waals surface area contributed by atoms with Crippen LogP contribution in [0.4, 0.5) is 0 Å². The molecule has 0 aliphatic heterocycles. The van der Waals surface area contributed by atoms with Crippen LogP contribution in [0.3, 0.4) is 0 Å². The van der Waals surface area contributed by atoms with Crippen molar-refractivity contribution in [2.24, 2.45) is 11.5 Å². The van der Waals surface area contributed by atoms with E-state index in [1.54, 1.807) is 0 Å². The van der Waals surface area contributed by atoms with Gasteiger partial charge in [-0.2, -0.15) is 0 Å². The van der Waals surface area contributed by atoms with E-state index in [2.05, 4.69) is 0 Å². The van der Waals surface area contributed by atoms with Gasteiger partial charge in [-0.1, -0.05) is 48.6 Å². The smallest absolute Gasteiger partial charge is 0.104 e. The van der Waals surface area contributed by atoms with Crippen LogP contribution in [0.5, 0.6) is 0 Å². The molecule has 0 radical (unpaired) electrons. The Hall–Kier alpha value is -1.19. The van der Waals surface area contributed by atoms with E-state index in [0.29, 0.717) is 11.5 Å². The minimum Gasteiger partial charge on any atom is -0.389 e. The lowest BCUT2D eigenvalue weighted by Crippen LogP contribution is -2.10. The molecule has 14 heavy (non-hydrogen) atoms. The molecule has 3 heteroatoms. The molecule has 0 saturated heterocycles. The number of thiocarbonyl (C=S) groups is 1. The summed E-state index contributed by atoms with van der Waals surface area (Å²) in [5, 5.41) is 0. The summed E-state index contributed by atoms with van der Waals surface area (Å²) in [5.41, 5.74) is 12.9. The van der Waals surface area contributed by atoms with Gasteiger partial charge in [0.1, 0.15) is 4.99 Å². The van der Waals surface area contributed by atoms with Crippen LogP contribution in [0.25, 0.3) is 6.08 Å². The Morgan fingerprint density at radius 3 is 2.71 bits per heavy atom. The summed E-state index contributed by atoms with van der Waals surface area (Å²) in [6.07, 6.45) is 4.89. The maximum Gasteiger partial charge on any atom is 0.104 e. The number of hydrogen-bond donors (Lipinski definition) is 2. The van der Waals surface area contributed by atoms with Gasteiger partial charge in [-0.05, 0) is 18.5 Å². The molecule has 74 valence electrons. The van der Waals surface area contributed by atoms with Gasteiger partial charge in [-0.3, -0.25) is 0 Å². The second-order valence-electron chi connectivity index (χ2n) is 2.93. The van der Waals surface area contributed by atoms with E-state index < -0.39 is 0 Å². The van der Waals surface area contributed by atoms with Crippen LogP contribution < -0.4 is 11.5 Å². The van der Waals surface area contributed by atoms with Crippen LogP contribution in [0.1, 0.15) is 17.5 Å². The highest BCUT2D eigenvalue weighted by Crippen LogP contribution is 2.10. The third-order valence-electron chi connectivity index (χ3n) is 1.86. The Morgan fingerprint density at radius 1 is 1.36 bits per heavy atom. The van der Waals surface area contributed by atoms with E-state index in [1.165, 1.54) is 0 Å². The van der Waals surface area contributed by atoms with Crippen molar-refractivity contribution in [1.29, 1.82) is 0 Å². The van der Waals surface area contributed by atoms with Gasteiger partial charge in [0.2, 0.25) is 0 Å². The fourth-order valence-corrected chi connectivity index (χ4v) is 1.36. The van der Waals surface area contributed by atoms with Crippen LogP contribution in [-0.2, 0) is 0 Å². The fourth-order valence-electron chi connectivity index (χ4n) is 1.17. The standard InChI is InChI=1S/C11H14N2S/c12-8-4-3-6-9-5-1-2-7-10(9)11(13)14/h1-3,5-7H,4,8,12H2,(H2,13,14). The van der Waals surface area contributed by atoms with Gasteiger partial charge in [-0.15, -0.1) is 0 Å². The van der Waals surface area contributed by atoms with E-state index in [9.17, 15) is 0 Å². The average molecular weight is 206 g/mol. The zero-order valence-corrected chi connectivity index (χ0v) is 8.76. The molecular weight excluding hydrogens is 192 g/mol. The monoisotopic (exact) mass is 206 g/mol. The van der Waals surface area contributed by atoms with Crippen molar-refractivity contribution in [3.05, 3.63) is 41.5 Å². The molecule has 0 unspecified atom stereocenters. The van der Waals surface area contributed by atoms with Crippen molar-refractivity contribution >= 4 is 23.3 Å². The van der Waals surface area contributed by atoms with Crippen LogP contribution in [-0.4, -0.2) is 11.5 Å². The first kappa shape index (κ1) is 10.9. The van der Waals surface area contributed by atoms with Crippen molar-refractivity contribution in [2.45, 2.75) is 6.42 Å². The summed E-state index contributed by atoms with van der Waals surface area (Å²) in [6, 6.07) is 7.80. The molecule has 1 rings (SSSR count). The highest BCUT2D eigenvalue weighted by atomic mass is 32.1. The lowest BCUT2D eigenvalue weighted by atomic mass is 10.1. The summed E-state index contributed by atoms with van der Waals surface area (Å²) >= 11 is 4.95. The Balaban J connectivity index is 2.90. The largest absolute Gasteiger partial charge is 0.389 e. The molecule has 0 atom stereocenters. The topological polar surface area (TPSA) is 52.0 Å². The first-order chi connectivity index (χ1) is 6.75. The lowest BCUT2D eigenvalue weighted by Gasteiger charge is -2.02. The number of rotatable bonds is 4. The van der Waals surface area contributed by atoms with Gasteiger partial charge in [0.15, 0.2) is 0 Å². The van der Waals surface area contributed by atoms with Gasteiger partial charge in [0, 0.05) is 5.56 Å². The molecule has 0 amide bonds. The summed E-state index contributed by atoms with van der Waals surface area (Å²) in [4.78, 5) is 0.429. The Bertz CT molecular complexity index is 345. The molecular formula is C11H14N2S. The van der Waals surface area contributed by atoms with Crippen molar-refractivity contribution in [3.8, 4) is 0 Å². The molecule has 0 aliphatic carbocycles. The molecule has 1 aromatic carbocycles. The average Bonchev–Trinajstić information content (AvgIpc) is 2.19. The van der Waals surface area contributed by atoms with E-state index >= 15 is 0 Å². The van der Waals surface area contributed by atoms with Crippen molar-refractivity contribution in [2.75, 3.05) is 6.54 Å². The molecule has 0 aromatic heterocycles. The minimum atomic E-state index is 0.429. The summed E-state index contributed by atoms with van der Waals surface area (Å²) < 4.78 is 0.